The molecule has 0 radical (unpaired) electrons. The lowest BCUT2D eigenvalue weighted by molar-refractivity contribution is -0.151. The highest BCUT2D eigenvalue weighted by Crippen LogP contribution is 2.67. The lowest BCUT2D eigenvalue weighted by Gasteiger charge is -2.59. The van der Waals surface area contributed by atoms with E-state index in [2.05, 4.69) is 53.7 Å². The van der Waals surface area contributed by atoms with Crippen LogP contribution in [0.1, 0.15) is 86.5 Å². The van der Waals surface area contributed by atoms with Crippen LogP contribution in [0.4, 0.5) is 0 Å². The smallest absolute Gasteiger partial charge is 0.137 e. The number of carbonyl (C=O) groups excluding carboxylic acids is 1. The molecule has 4 aliphatic rings. The highest BCUT2D eigenvalue weighted by atomic mass is 16.3. The summed E-state index contributed by atoms with van der Waals surface area (Å²) in [5.41, 5.74) is 0.318. The standard InChI is InChI=1S/C28H46O3/c1-16(2)17(3)25(30)26(31)18(4)20-10-11-21-19-15-24(29)23-9-7-8-13-27(23,5)22(19)12-14-28(20,21)6/h7-8,16-23,25-26,30-31H,9-15H2,1-6H3/t17-,18-,19-,20+,21-,22-,23+,25-,26-,27+,28+/m0/s1. The molecule has 0 aromatic rings. The van der Waals surface area contributed by atoms with Gasteiger partial charge in [0.15, 0.2) is 0 Å². The second kappa shape index (κ2) is 8.28. The van der Waals surface area contributed by atoms with Gasteiger partial charge in [0.25, 0.3) is 0 Å². The molecule has 0 unspecified atom stereocenters. The van der Waals surface area contributed by atoms with Crippen molar-refractivity contribution in [1.82, 2.24) is 0 Å². The molecule has 3 fully saturated rings. The summed E-state index contributed by atoms with van der Waals surface area (Å²) in [5, 5.41) is 22.0. The molecule has 0 aliphatic heterocycles. The number of allylic oxidation sites excluding steroid dienone is 2. The van der Waals surface area contributed by atoms with E-state index in [1.165, 1.54) is 19.3 Å². The molecular weight excluding hydrogens is 384 g/mol. The van der Waals surface area contributed by atoms with Crippen LogP contribution in [0.25, 0.3) is 0 Å². The zero-order valence-electron chi connectivity index (χ0n) is 20.7. The Labute approximate surface area is 190 Å². The second-order valence-corrected chi connectivity index (χ2v) is 12.7. The van der Waals surface area contributed by atoms with E-state index in [0.717, 1.165) is 25.7 Å². The summed E-state index contributed by atoms with van der Waals surface area (Å²) in [6.07, 6.45) is 10.7. The Bertz CT molecular complexity index is 713. The van der Waals surface area contributed by atoms with Crippen molar-refractivity contribution < 1.29 is 15.0 Å². The zero-order chi connectivity index (χ0) is 22.7. The van der Waals surface area contributed by atoms with Gasteiger partial charge in [0.2, 0.25) is 0 Å². The van der Waals surface area contributed by atoms with Crippen molar-refractivity contribution in [2.75, 3.05) is 0 Å². The third kappa shape index (κ3) is 3.57. The second-order valence-electron chi connectivity index (χ2n) is 12.7. The SMILES string of the molecule is CC(C)[C@H](C)[C@H](O)[C@@H](O)[C@@H](C)[C@H]1CC[C@H]2[C@@H]3CC(=O)[C@H]4CC=CC[C@]4(C)[C@H]3CC[C@]12C. The number of hydrogen-bond acceptors (Lipinski definition) is 3. The van der Waals surface area contributed by atoms with Gasteiger partial charge in [-0.05, 0) is 90.8 Å². The van der Waals surface area contributed by atoms with E-state index in [9.17, 15) is 15.0 Å². The first-order valence-corrected chi connectivity index (χ1v) is 13.1. The van der Waals surface area contributed by atoms with E-state index in [0.29, 0.717) is 35.4 Å². The first-order valence-electron chi connectivity index (χ1n) is 13.1. The van der Waals surface area contributed by atoms with Gasteiger partial charge in [0.1, 0.15) is 5.78 Å². The summed E-state index contributed by atoms with van der Waals surface area (Å²) in [4.78, 5) is 13.2. The summed E-state index contributed by atoms with van der Waals surface area (Å²) >= 11 is 0. The van der Waals surface area contributed by atoms with Gasteiger partial charge in [-0.1, -0.05) is 53.7 Å². The van der Waals surface area contributed by atoms with Gasteiger partial charge in [-0.3, -0.25) is 4.79 Å². The highest BCUT2D eigenvalue weighted by molar-refractivity contribution is 5.83. The lowest BCUT2D eigenvalue weighted by atomic mass is 9.45. The number of rotatable bonds is 5. The van der Waals surface area contributed by atoms with Gasteiger partial charge in [0, 0.05) is 12.3 Å². The molecule has 0 aromatic heterocycles. The van der Waals surface area contributed by atoms with Gasteiger partial charge in [-0.15, -0.1) is 0 Å². The first kappa shape index (κ1) is 23.5. The van der Waals surface area contributed by atoms with Crippen molar-refractivity contribution in [1.29, 1.82) is 0 Å². The molecule has 0 heterocycles. The predicted octanol–water partition coefficient (Wildman–Crippen LogP) is 5.64. The molecule has 0 spiro atoms. The number of aliphatic hydroxyl groups is 2. The van der Waals surface area contributed by atoms with Crippen LogP contribution in [0.2, 0.25) is 0 Å². The highest BCUT2D eigenvalue weighted by Gasteiger charge is 2.62. The summed E-state index contributed by atoms with van der Waals surface area (Å²) in [5.74, 6) is 3.44. The van der Waals surface area contributed by atoms with Crippen molar-refractivity contribution in [2.45, 2.75) is 98.7 Å². The van der Waals surface area contributed by atoms with E-state index >= 15 is 0 Å². The van der Waals surface area contributed by atoms with Crippen LogP contribution in [-0.4, -0.2) is 28.2 Å². The molecule has 3 saturated carbocycles. The number of carbonyl (C=O) groups is 1. The zero-order valence-corrected chi connectivity index (χ0v) is 20.7. The maximum Gasteiger partial charge on any atom is 0.137 e. The Morgan fingerprint density at radius 2 is 1.61 bits per heavy atom. The molecule has 4 rings (SSSR count). The van der Waals surface area contributed by atoms with Crippen LogP contribution in [0, 0.1) is 58.2 Å². The molecular formula is C28H46O3. The Morgan fingerprint density at radius 1 is 0.935 bits per heavy atom. The summed E-state index contributed by atoms with van der Waals surface area (Å²) in [6, 6.07) is 0. The van der Waals surface area contributed by atoms with E-state index in [4.69, 9.17) is 0 Å². The lowest BCUT2D eigenvalue weighted by Crippen LogP contribution is -2.56. The van der Waals surface area contributed by atoms with E-state index in [1.54, 1.807) is 0 Å². The predicted molar refractivity (Wildman–Crippen MR) is 125 cm³/mol. The van der Waals surface area contributed by atoms with Crippen LogP contribution in [0.3, 0.4) is 0 Å². The number of ketones is 1. The largest absolute Gasteiger partial charge is 0.390 e. The quantitative estimate of drug-likeness (QED) is 0.555. The minimum atomic E-state index is -0.672. The topological polar surface area (TPSA) is 57.5 Å². The summed E-state index contributed by atoms with van der Waals surface area (Å²) in [6.45, 7) is 13.3. The van der Waals surface area contributed by atoms with E-state index in [1.807, 2.05) is 0 Å². The van der Waals surface area contributed by atoms with Gasteiger partial charge in [-0.25, -0.2) is 0 Å². The molecule has 0 amide bonds. The van der Waals surface area contributed by atoms with Gasteiger partial charge >= 0.3 is 0 Å². The molecule has 3 nitrogen and oxygen atoms in total. The minimum Gasteiger partial charge on any atom is -0.390 e. The van der Waals surface area contributed by atoms with Crippen molar-refractivity contribution in [3.63, 3.8) is 0 Å². The average molecular weight is 431 g/mol. The summed E-state index contributed by atoms with van der Waals surface area (Å²) < 4.78 is 0. The maximum atomic E-state index is 13.2. The molecule has 11 atom stereocenters. The molecule has 4 aliphatic carbocycles. The number of aliphatic hydroxyl groups excluding tert-OH is 2. The molecule has 0 saturated heterocycles. The first-order chi connectivity index (χ1) is 14.5. The van der Waals surface area contributed by atoms with Gasteiger partial charge in [-0.2, -0.15) is 0 Å². The Balaban J connectivity index is 1.55. The van der Waals surface area contributed by atoms with Crippen molar-refractivity contribution in [2.24, 2.45) is 58.2 Å². The van der Waals surface area contributed by atoms with Crippen LogP contribution in [0.5, 0.6) is 0 Å². The third-order valence-electron chi connectivity index (χ3n) is 11.2. The number of Topliss-reactive ketones (excluding diaryl/α,β-unsaturated/α-hetero) is 1. The monoisotopic (exact) mass is 430 g/mol. The van der Waals surface area contributed by atoms with Crippen molar-refractivity contribution in [3.8, 4) is 0 Å². The minimum absolute atomic E-state index is 0.0861. The Hall–Kier alpha value is -0.670. The third-order valence-corrected chi connectivity index (χ3v) is 11.2. The fourth-order valence-corrected chi connectivity index (χ4v) is 8.81. The van der Waals surface area contributed by atoms with E-state index < -0.39 is 12.2 Å². The van der Waals surface area contributed by atoms with Crippen molar-refractivity contribution >= 4 is 5.78 Å². The Kier molecular flexibility index (Phi) is 6.27. The van der Waals surface area contributed by atoms with E-state index in [-0.39, 0.29) is 28.6 Å². The van der Waals surface area contributed by atoms with Gasteiger partial charge < -0.3 is 10.2 Å². The van der Waals surface area contributed by atoms with Crippen LogP contribution in [-0.2, 0) is 4.79 Å². The number of hydrogen-bond donors (Lipinski definition) is 2. The normalized spacial score (nSPS) is 46.1. The fourth-order valence-electron chi connectivity index (χ4n) is 8.81. The summed E-state index contributed by atoms with van der Waals surface area (Å²) in [7, 11) is 0. The van der Waals surface area contributed by atoms with Crippen LogP contribution < -0.4 is 0 Å². The Morgan fingerprint density at radius 3 is 2.29 bits per heavy atom. The molecule has 176 valence electrons. The average Bonchev–Trinajstić information content (AvgIpc) is 3.08. The fraction of sp³-hybridized carbons (Fsp3) is 0.893. The number of fused-ring (bicyclic) bond motifs is 5. The van der Waals surface area contributed by atoms with Crippen LogP contribution in [0.15, 0.2) is 12.2 Å². The van der Waals surface area contributed by atoms with Gasteiger partial charge in [0.05, 0.1) is 12.2 Å². The molecule has 3 heteroatoms. The van der Waals surface area contributed by atoms with Crippen molar-refractivity contribution in [3.05, 3.63) is 12.2 Å². The molecule has 0 bridgehead atoms. The maximum absolute atomic E-state index is 13.2. The molecule has 0 aromatic carbocycles. The molecule has 31 heavy (non-hydrogen) atoms. The molecule has 2 N–H and O–H groups in total. The van der Waals surface area contributed by atoms with Crippen LogP contribution >= 0.6 is 0 Å².